The zero-order chi connectivity index (χ0) is 15.0. The van der Waals surface area contributed by atoms with E-state index in [4.69, 9.17) is 16.3 Å². The van der Waals surface area contributed by atoms with Gasteiger partial charge >= 0.3 is 6.09 Å². The Balaban J connectivity index is 1.91. The first-order valence-corrected chi connectivity index (χ1v) is 6.85. The molecular formula is C14H19ClN2O3. The molecule has 2 rings (SSSR count). The second-order valence-electron chi connectivity index (χ2n) is 6.20. The largest absolute Gasteiger partial charge is 0.444 e. The highest BCUT2D eigenvalue weighted by Gasteiger charge is 2.45. The molecule has 1 fully saturated rings. The first-order chi connectivity index (χ1) is 9.19. The minimum atomic E-state index is -0.943. The van der Waals surface area contributed by atoms with E-state index in [1.54, 1.807) is 18.5 Å². The Morgan fingerprint density at radius 1 is 1.55 bits per heavy atom. The number of ether oxygens (including phenoxy) is 1. The Bertz CT molecular complexity index is 507. The summed E-state index contributed by atoms with van der Waals surface area (Å²) in [7, 11) is 0. The lowest BCUT2D eigenvalue weighted by atomic mass is 9.87. The van der Waals surface area contributed by atoms with Crippen LogP contribution in [0.4, 0.5) is 4.79 Å². The lowest BCUT2D eigenvalue weighted by Gasteiger charge is -2.46. The summed E-state index contributed by atoms with van der Waals surface area (Å²) in [5.74, 6) is 0. The maximum Gasteiger partial charge on any atom is 0.410 e. The number of halogens is 1. The number of β-amino-alcohol motifs (C(OH)–C–C–N with tert-alkyl or cyclic N) is 1. The van der Waals surface area contributed by atoms with Gasteiger partial charge in [-0.15, -0.1) is 0 Å². The Hall–Kier alpha value is -1.33. The zero-order valence-corrected chi connectivity index (χ0v) is 12.6. The van der Waals surface area contributed by atoms with E-state index < -0.39 is 17.3 Å². The zero-order valence-electron chi connectivity index (χ0n) is 11.9. The fraction of sp³-hybridized carbons (Fsp3) is 0.571. The maximum absolute atomic E-state index is 11.8. The van der Waals surface area contributed by atoms with E-state index in [0.29, 0.717) is 11.4 Å². The summed E-state index contributed by atoms with van der Waals surface area (Å²) in [6.45, 7) is 5.94. The summed E-state index contributed by atoms with van der Waals surface area (Å²) in [6.07, 6.45) is 3.18. The van der Waals surface area contributed by atoms with Crippen molar-refractivity contribution in [3.8, 4) is 0 Å². The van der Waals surface area contributed by atoms with Crippen molar-refractivity contribution >= 4 is 17.7 Å². The Kier molecular flexibility index (Phi) is 3.93. The van der Waals surface area contributed by atoms with Crippen LogP contribution < -0.4 is 0 Å². The number of carbonyl (C=O) groups excluding carboxylic acids is 1. The van der Waals surface area contributed by atoms with E-state index in [9.17, 15) is 9.90 Å². The quantitative estimate of drug-likeness (QED) is 0.910. The molecule has 1 aliphatic rings. The van der Waals surface area contributed by atoms with E-state index >= 15 is 0 Å². The second-order valence-corrected chi connectivity index (χ2v) is 6.61. The van der Waals surface area contributed by atoms with Gasteiger partial charge in [0.2, 0.25) is 0 Å². The molecule has 0 radical (unpaired) electrons. The molecule has 0 spiro atoms. The molecule has 0 aliphatic carbocycles. The highest BCUT2D eigenvalue weighted by atomic mass is 35.5. The van der Waals surface area contributed by atoms with Crippen molar-refractivity contribution in [2.24, 2.45) is 0 Å². The number of amides is 1. The van der Waals surface area contributed by atoms with Crippen LogP contribution in [-0.2, 0) is 11.2 Å². The molecule has 2 heterocycles. The van der Waals surface area contributed by atoms with Crippen LogP contribution in [0.5, 0.6) is 0 Å². The predicted octanol–water partition coefficient (Wildman–Crippen LogP) is 2.26. The molecule has 1 aliphatic heterocycles. The van der Waals surface area contributed by atoms with Crippen molar-refractivity contribution < 1.29 is 14.6 Å². The van der Waals surface area contributed by atoms with Crippen LogP contribution in [0.2, 0.25) is 5.02 Å². The Labute approximate surface area is 123 Å². The summed E-state index contributed by atoms with van der Waals surface area (Å²) >= 11 is 6.02. The average Bonchev–Trinajstić information content (AvgIpc) is 2.26. The van der Waals surface area contributed by atoms with Crippen LogP contribution in [0.1, 0.15) is 26.3 Å². The van der Waals surface area contributed by atoms with Crippen molar-refractivity contribution in [2.75, 3.05) is 13.1 Å². The molecule has 110 valence electrons. The molecule has 6 heteroatoms. The van der Waals surface area contributed by atoms with Crippen molar-refractivity contribution in [3.63, 3.8) is 0 Å². The van der Waals surface area contributed by atoms with Crippen molar-refractivity contribution in [1.29, 1.82) is 0 Å². The molecule has 1 amide bonds. The molecule has 1 aromatic heterocycles. The van der Waals surface area contributed by atoms with Gasteiger partial charge in [-0.25, -0.2) is 4.79 Å². The van der Waals surface area contributed by atoms with Gasteiger partial charge in [0.15, 0.2) is 0 Å². The van der Waals surface area contributed by atoms with Crippen molar-refractivity contribution in [2.45, 2.75) is 38.4 Å². The standard InChI is InChI=1S/C14H19ClN2O3/c1-13(2,3)20-12(18)17-8-14(19,9-17)6-10-4-5-16-7-11(10)15/h4-5,7,19H,6,8-9H2,1-3H3. The first kappa shape index (κ1) is 15.1. The number of pyridine rings is 1. The van der Waals surface area contributed by atoms with E-state index in [1.165, 1.54) is 4.90 Å². The summed E-state index contributed by atoms with van der Waals surface area (Å²) < 4.78 is 5.25. The predicted molar refractivity (Wildman–Crippen MR) is 75.7 cm³/mol. The molecule has 1 aromatic rings. The molecular weight excluding hydrogens is 280 g/mol. The van der Waals surface area contributed by atoms with Gasteiger partial charge in [-0.3, -0.25) is 4.98 Å². The number of nitrogens with zero attached hydrogens (tertiary/aromatic N) is 2. The van der Waals surface area contributed by atoms with Crippen molar-refractivity contribution in [3.05, 3.63) is 29.0 Å². The van der Waals surface area contributed by atoms with Crippen LogP contribution in [0.15, 0.2) is 18.5 Å². The van der Waals surface area contributed by atoms with Crippen LogP contribution >= 0.6 is 11.6 Å². The monoisotopic (exact) mass is 298 g/mol. The van der Waals surface area contributed by atoms with Gasteiger partial charge in [0, 0.05) is 18.8 Å². The highest BCUT2D eigenvalue weighted by Crippen LogP contribution is 2.29. The molecule has 1 saturated heterocycles. The number of likely N-dealkylation sites (tertiary alicyclic amines) is 1. The second kappa shape index (κ2) is 5.22. The number of rotatable bonds is 2. The molecule has 0 bridgehead atoms. The van der Waals surface area contributed by atoms with E-state index in [-0.39, 0.29) is 13.1 Å². The van der Waals surface area contributed by atoms with Gasteiger partial charge in [-0.05, 0) is 32.4 Å². The molecule has 0 saturated carbocycles. The maximum atomic E-state index is 11.8. The molecule has 20 heavy (non-hydrogen) atoms. The third-order valence-electron chi connectivity index (χ3n) is 3.00. The van der Waals surface area contributed by atoms with Crippen LogP contribution in [0.25, 0.3) is 0 Å². The van der Waals surface area contributed by atoms with Crippen LogP contribution in [0, 0.1) is 0 Å². The highest BCUT2D eigenvalue weighted by molar-refractivity contribution is 6.31. The Morgan fingerprint density at radius 2 is 2.20 bits per heavy atom. The summed E-state index contributed by atoms with van der Waals surface area (Å²) in [4.78, 5) is 17.2. The summed E-state index contributed by atoms with van der Waals surface area (Å²) in [6, 6.07) is 1.77. The van der Waals surface area contributed by atoms with Crippen molar-refractivity contribution in [1.82, 2.24) is 9.88 Å². The normalized spacial score (nSPS) is 17.6. The van der Waals surface area contributed by atoms with E-state index in [2.05, 4.69) is 4.98 Å². The topological polar surface area (TPSA) is 62.7 Å². The van der Waals surface area contributed by atoms with Gasteiger partial charge in [0.25, 0.3) is 0 Å². The minimum Gasteiger partial charge on any atom is -0.444 e. The van der Waals surface area contributed by atoms with Crippen LogP contribution in [-0.4, -0.2) is 45.4 Å². The lowest BCUT2D eigenvalue weighted by molar-refractivity contribution is -0.0973. The smallest absolute Gasteiger partial charge is 0.410 e. The third-order valence-corrected chi connectivity index (χ3v) is 3.34. The molecule has 0 unspecified atom stereocenters. The fourth-order valence-corrected chi connectivity index (χ4v) is 2.32. The summed E-state index contributed by atoms with van der Waals surface area (Å²) in [5, 5.41) is 10.9. The van der Waals surface area contributed by atoms with Gasteiger partial charge < -0.3 is 14.7 Å². The van der Waals surface area contributed by atoms with E-state index in [0.717, 1.165) is 5.56 Å². The molecule has 0 aromatic carbocycles. The Morgan fingerprint density at radius 3 is 2.75 bits per heavy atom. The van der Waals surface area contributed by atoms with Gasteiger partial charge in [0.1, 0.15) is 11.2 Å². The minimum absolute atomic E-state index is 0.251. The van der Waals surface area contributed by atoms with E-state index in [1.807, 2.05) is 20.8 Å². The number of carbonyl (C=O) groups is 1. The van der Waals surface area contributed by atoms with Gasteiger partial charge in [-0.1, -0.05) is 11.6 Å². The third kappa shape index (κ3) is 3.61. The fourth-order valence-electron chi connectivity index (χ4n) is 2.13. The lowest BCUT2D eigenvalue weighted by Crippen LogP contribution is -2.65. The molecule has 0 atom stereocenters. The number of hydrogen-bond acceptors (Lipinski definition) is 4. The van der Waals surface area contributed by atoms with Gasteiger partial charge in [-0.2, -0.15) is 0 Å². The summed E-state index contributed by atoms with van der Waals surface area (Å²) in [5.41, 5.74) is -0.644. The average molecular weight is 299 g/mol. The van der Waals surface area contributed by atoms with Gasteiger partial charge in [0.05, 0.1) is 18.1 Å². The first-order valence-electron chi connectivity index (χ1n) is 6.47. The SMILES string of the molecule is CC(C)(C)OC(=O)N1CC(O)(Cc2ccncc2Cl)C1. The van der Waals surface area contributed by atoms with Crippen LogP contribution in [0.3, 0.4) is 0 Å². The molecule has 5 nitrogen and oxygen atoms in total. The number of hydrogen-bond donors (Lipinski definition) is 1. The molecule has 1 N–H and O–H groups in total. The number of aromatic nitrogens is 1. The number of aliphatic hydroxyl groups is 1.